The fraction of sp³-hybridized carbons (Fsp3) is 0.455. The third-order valence-corrected chi connectivity index (χ3v) is 6.24. The predicted molar refractivity (Wildman–Crippen MR) is 119 cm³/mol. The maximum absolute atomic E-state index is 6.40. The van der Waals surface area contributed by atoms with Gasteiger partial charge >= 0.3 is 6.01 Å². The molecule has 1 saturated heterocycles. The Morgan fingerprint density at radius 1 is 0.969 bits per heavy atom. The number of fused-ring (bicyclic) bond motifs is 2. The first-order valence-corrected chi connectivity index (χ1v) is 11.2. The highest BCUT2D eigenvalue weighted by Gasteiger charge is 2.25. The summed E-state index contributed by atoms with van der Waals surface area (Å²) in [6.45, 7) is 3.10. The first-order chi connectivity index (χ1) is 15.8. The molecule has 10 nitrogen and oxygen atoms in total. The van der Waals surface area contributed by atoms with Gasteiger partial charge < -0.3 is 19.7 Å². The summed E-state index contributed by atoms with van der Waals surface area (Å²) in [4.78, 5) is 16.2. The summed E-state index contributed by atoms with van der Waals surface area (Å²) in [7, 11) is 0. The third-order valence-electron chi connectivity index (χ3n) is 6.24. The lowest BCUT2D eigenvalue weighted by Crippen LogP contribution is -2.37. The van der Waals surface area contributed by atoms with E-state index in [0.29, 0.717) is 12.1 Å². The zero-order chi connectivity index (χ0) is 21.3. The van der Waals surface area contributed by atoms with Gasteiger partial charge in [0, 0.05) is 49.9 Å². The van der Waals surface area contributed by atoms with Gasteiger partial charge in [-0.15, -0.1) is 0 Å². The summed E-state index contributed by atoms with van der Waals surface area (Å²) in [6.07, 6.45) is 11.5. The van der Waals surface area contributed by atoms with E-state index in [2.05, 4.69) is 25.3 Å². The highest BCUT2D eigenvalue weighted by molar-refractivity contribution is 5.53. The van der Waals surface area contributed by atoms with E-state index in [9.17, 15) is 0 Å². The molecule has 1 aliphatic heterocycles. The first kappa shape index (κ1) is 19.3. The van der Waals surface area contributed by atoms with Gasteiger partial charge in [-0.2, -0.15) is 10.1 Å². The van der Waals surface area contributed by atoms with Crippen LogP contribution >= 0.6 is 0 Å². The van der Waals surface area contributed by atoms with E-state index >= 15 is 0 Å². The Kier molecular flexibility index (Phi) is 4.99. The molecule has 0 bridgehead atoms. The number of aromatic nitrogens is 6. The van der Waals surface area contributed by atoms with Gasteiger partial charge in [0.15, 0.2) is 5.65 Å². The number of imidazole rings is 1. The molecule has 0 amide bonds. The molecular formula is C22H26N8O2. The van der Waals surface area contributed by atoms with Crippen molar-refractivity contribution in [1.29, 1.82) is 0 Å². The second kappa shape index (κ2) is 8.27. The molecule has 2 fully saturated rings. The fourth-order valence-electron chi connectivity index (χ4n) is 4.50. The minimum absolute atomic E-state index is 0.136. The van der Waals surface area contributed by atoms with Gasteiger partial charge in [-0.3, -0.25) is 4.40 Å². The molecule has 1 aliphatic carbocycles. The minimum Gasteiger partial charge on any atom is -0.461 e. The third kappa shape index (κ3) is 3.81. The van der Waals surface area contributed by atoms with Gasteiger partial charge in [0.05, 0.1) is 19.4 Å². The quantitative estimate of drug-likeness (QED) is 0.512. The Bertz CT molecular complexity index is 1210. The monoisotopic (exact) mass is 434 g/mol. The van der Waals surface area contributed by atoms with Crippen LogP contribution in [0.1, 0.15) is 25.7 Å². The Hall–Kier alpha value is -3.40. The van der Waals surface area contributed by atoms with E-state index in [-0.39, 0.29) is 6.10 Å². The summed E-state index contributed by atoms with van der Waals surface area (Å²) in [5.74, 6) is 1.79. The van der Waals surface area contributed by atoms with Crippen LogP contribution in [0.2, 0.25) is 0 Å². The van der Waals surface area contributed by atoms with Crippen LogP contribution in [0, 0.1) is 0 Å². The molecule has 4 aromatic heterocycles. The molecule has 5 heterocycles. The predicted octanol–water partition coefficient (Wildman–Crippen LogP) is 2.41. The van der Waals surface area contributed by atoms with Crippen LogP contribution in [0.15, 0.2) is 43.0 Å². The minimum atomic E-state index is 0.136. The van der Waals surface area contributed by atoms with E-state index in [1.165, 1.54) is 0 Å². The molecule has 0 spiro atoms. The molecule has 166 valence electrons. The topological polar surface area (TPSA) is 94.1 Å². The van der Waals surface area contributed by atoms with E-state index in [1.807, 2.05) is 35.0 Å². The Balaban J connectivity index is 1.12. The molecule has 0 radical (unpaired) electrons. The van der Waals surface area contributed by atoms with Crippen LogP contribution in [0.3, 0.4) is 0 Å². The molecule has 1 saturated carbocycles. The van der Waals surface area contributed by atoms with E-state index in [4.69, 9.17) is 14.5 Å². The lowest BCUT2D eigenvalue weighted by atomic mass is 9.93. The fourth-order valence-corrected chi connectivity index (χ4v) is 4.50. The van der Waals surface area contributed by atoms with E-state index in [1.54, 1.807) is 16.9 Å². The van der Waals surface area contributed by atoms with Crippen molar-refractivity contribution in [1.82, 2.24) is 29.0 Å². The van der Waals surface area contributed by atoms with Crippen molar-refractivity contribution in [3.63, 3.8) is 0 Å². The summed E-state index contributed by atoms with van der Waals surface area (Å²) >= 11 is 0. The lowest BCUT2D eigenvalue weighted by Gasteiger charge is -2.30. The highest BCUT2D eigenvalue weighted by Crippen LogP contribution is 2.27. The van der Waals surface area contributed by atoms with Crippen molar-refractivity contribution in [2.24, 2.45) is 0 Å². The summed E-state index contributed by atoms with van der Waals surface area (Å²) in [6, 6.07) is 6.90. The van der Waals surface area contributed by atoms with Gasteiger partial charge in [0.25, 0.3) is 0 Å². The van der Waals surface area contributed by atoms with Gasteiger partial charge in [-0.05, 0) is 31.7 Å². The van der Waals surface area contributed by atoms with Crippen molar-refractivity contribution < 1.29 is 9.47 Å². The molecule has 6 rings (SSSR count). The molecule has 0 unspecified atom stereocenters. The molecule has 0 aromatic carbocycles. The smallest absolute Gasteiger partial charge is 0.304 e. The highest BCUT2D eigenvalue weighted by atomic mass is 16.5. The maximum Gasteiger partial charge on any atom is 0.304 e. The molecule has 1 N–H and O–H groups in total. The average molecular weight is 435 g/mol. The molecule has 2 aliphatic rings. The Morgan fingerprint density at radius 3 is 2.72 bits per heavy atom. The average Bonchev–Trinajstić information content (AvgIpc) is 3.50. The second-order valence-electron chi connectivity index (χ2n) is 8.33. The standard InChI is InChI=1S/C22H26N8O2/c1-3-17(4-2-16(1)25-18-6-9-30-19(26-18)5-7-24-30)32-22-27-21(28-11-13-31-14-12-28)15-20-23-8-10-29(20)22/h5-10,15-17H,1-4,11-14H2,(H,25,26)/t16-,17+. The normalized spacial score (nSPS) is 21.8. The SMILES string of the molecule is c1cn2c(O[C@H]3CC[C@@H](Nc4ccn5nccc5n4)CC3)nc(N3CCOCC3)cc2n1. The second-order valence-corrected chi connectivity index (χ2v) is 8.33. The Labute approximate surface area is 185 Å². The number of morpholine rings is 1. The summed E-state index contributed by atoms with van der Waals surface area (Å²) < 4.78 is 15.6. The molecule has 4 aromatic rings. The molecule has 10 heteroatoms. The molecular weight excluding hydrogens is 408 g/mol. The van der Waals surface area contributed by atoms with Crippen LogP contribution in [0.25, 0.3) is 11.3 Å². The van der Waals surface area contributed by atoms with Crippen molar-refractivity contribution in [3.05, 3.63) is 43.0 Å². The zero-order valence-electron chi connectivity index (χ0n) is 17.8. The zero-order valence-corrected chi connectivity index (χ0v) is 17.8. The van der Waals surface area contributed by atoms with Gasteiger partial charge in [0.2, 0.25) is 0 Å². The number of nitrogens with zero attached hydrogens (tertiary/aromatic N) is 7. The van der Waals surface area contributed by atoms with Crippen LogP contribution < -0.4 is 15.0 Å². The Morgan fingerprint density at radius 2 is 1.84 bits per heavy atom. The van der Waals surface area contributed by atoms with Crippen LogP contribution in [-0.2, 0) is 4.74 Å². The van der Waals surface area contributed by atoms with Gasteiger partial charge in [-0.1, -0.05) is 0 Å². The summed E-state index contributed by atoms with van der Waals surface area (Å²) in [5, 5.41) is 7.77. The summed E-state index contributed by atoms with van der Waals surface area (Å²) in [5.41, 5.74) is 1.70. The van der Waals surface area contributed by atoms with Crippen molar-refractivity contribution in [2.75, 3.05) is 36.5 Å². The lowest BCUT2D eigenvalue weighted by molar-refractivity contribution is 0.121. The van der Waals surface area contributed by atoms with Crippen LogP contribution in [0.5, 0.6) is 6.01 Å². The number of hydrogen-bond donors (Lipinski definition) is 1. The number of anilines is 2. The van der Waals surface area contributed by atoms with Gasteiger partial charge in [0.1, 0.15) is 23.4 Å². The maximum atomic E-state index is 6.40. The van der Waals surface area contributed by atoms with E-state index < -0.39 is 0 Å². The largest absolute Gasteiger partial charge is 0.461 e. The van der Waals surface area contributed by atoms with Crippen molar-refractivity contribution in [2.45, 2.75) is 37.8 Å². The number of nitrogens with one attached hydrogen (secondary N) is 1. The number of ether oxygens (including phenoxy) is 2. The number of hydrogen-bond acceptors (Lipinski definition) is 8. The van der Waals surface area contributed by atoms with Crippen molar-refractivity contribution in [3.8, 4) is 6.01 Å². The first-order valence-electron chi connectivity index (χ1n) is 11.2. The molecule has 0 atom stereocenters. The number of rotatable bonds is 5. The molecule has 32 heavy (non-hydrogen) atoms. The van der Waals surface area contributed by atoms with Crippen LogP contribution in [0.4, 0.5) is 11.6 Å². The van der Waals surface area contributed by atoms with E-state index in [0.717, 1.165) is 74.9 Å². The van der Waals surface area contributed by atoms with Crippen LogP contribution in [-0.4, -0.2) is 67.4 Å². The van der Waals surface area contributed by atoms with Crippen molar-refractivity contribution >= 4 is 22.9 Å². The van der Waals surface area contributed by atoms with Gasteiger partial charge in [-0.25, -0.2) is 14.5 Å².